The van der Waals surface area contributed by atoms with Crippen LogP contribution in [0.15, 0.2) is 18.2 Å². The van der Waals surface area contributed by atoms with Crippen LogP contribution in [0.25, 0.3) is 0 Å². The molecule has 5 heteroatoms. The molecule has 1 aromatic rings. The van der Waals surface area contributed by atoms with Gasteiger partial charge in [-0.1, -0.05) is 11.6 Å². The number of hydrogen-bond acceptors (Lipinski definition) is 3. The van der Waals surface area contributed by atoms with Gasteiger partial charge in [0.1, 0.15) is 5.75 Å². The first-order chi connectivity index (χ1) is 7.85. The fraction of sp³-hybridized carbons (Fsp3) is 0.417. The second kappa shape index (κ2) is 5.38. The molecule has 0 saturated carbocycles. The Morgan fingerprint density at radius 1 is 1.53 bits per heavy atom. The standard InChI is InChI=1S/C12H16ClNO3/c1-12(2,7-17-3)14-11(16)9-5-4-8(13)6-10(9)15/h4-6,15H,7H2,1-3H3,(H,14,16). The minimum absolute atomic E-state index is 0.136. The first kappa shape index (κ1) is 13.8. The largest absolute Gasteiger partial charge is 0.507 e. The highest BCUT2D eigenvalue weighted by Gasteiger charge is 2.22. The predicted molar refractivity (Wildman–Crippen MR) is 66.5 cm³/mol. The number of carbonyl (C=O) groups excluding carboxylic acids is 1. The van der Waals surface area contributed by atoms with Gasteiger partial charge in [0.2, 0.25) is 0 Å². The summed E-state index contributed by atoms with van der Waals surface area (Å²) in [5, 5.41) is 12.8. The van der Waals surface area contributed by atoms with Crippen molar-refractivity contribution in [3.8, 4) is 5.75 Å². The van der Waals surface area contributed by atoms with Crippen molar-refractivity contribution in [1.29, 1.82) is 0 Å². The first-order valence-electron chi connectivity index (χ1n) is 5.16. The summed E-state index contributed by atoms with van der Waals surface area (Å²) in [7, 11) is 1.56. The zero-order valence-electron chi connectivity index (χ0n) is 10.1. The number of amides is 1. The lowest BCUT2D eigenvalue weighted by Gasteiger charge is -2.25. The summed E-state index contributed by atoms with van der Waals surface area (Å²) in [5.74, 6) is -0.496. The molecule has 4 nitrogen and oxygen atoms in total. The molecule has 0 bridgehead atoms. The molecule has 0 radical (unpaired) electrons. The van der Waals surface area contributed by atoms with Crippen LogP contribution >= 0.6 is 11.6 Å². The average molecular weight is 258 g/mol. The Bertz CT molecular complexity index is 418. The van der Waals surface area contributed by atoms with Crippen LogP contribution in [0.2, 0.25) is 5.02 Å². The van der Waals surface area contributed by atoms with Crippen molar-refractivity contribution in [2.45, 2.75) is 19.4 Å². The molecule has 1 rings (SSSR count). The first-order valence-corrected chi connectivity index (χ1v) is 5.53. The summed E-state index contributed by atoms with van der Waals surface area (Å²) in [6, 6.07) is 4.37. The lowest BCUT2D eigenvalue weighted by molar-refractivity contribution is 0.0817. The summed E-state index contributed by atoms with van der Waals surface area (Å²) < 4.78 is 4.99. The van der Waals surface area contributed by atoms with Gasteiger partial charge in [0.05, 0.1) is 17.7 Å². The van der Waals surface area contributed by atoms with Gasteiger partial charge in [-0.15, -0.1) is 0 Å². The topological polar surface area (TPSA) is 58.6 Å². The van der Waals surface area contributed by atoms with E-state index in [0.717, 1.165) is 0 Å². The molecular weight excluding hydrogens is 242 g/mol. The highest BCUT2D eigenvalue weighted by molar-refractivity contribution is 6.30. The highest BCUT2D eigenvalue weighted by atomic mass is 35.5. The third-order valence-electron chi connectivity index (χ3n) is 2.16. The zero-order valence-corrected chi connectivity index (χ0v) is 10.8. The van der Waals surface area contributed by atoms with E-state index in [1.165, 1.54) is 12.1 Å². The number of ether oxygens (including phenoxy) is 1. The molecule has 1 amide bonds. The van der Waals surface area contributed by atoms with Crippen LogP contribution in [0.3, 0.4) is 0 Å². The number of benzene rings is 1. The van der Waals surface area contributed by atoms with Crippen molar-refractivity contribution in [1.82, 2.24) is 5.32 Å². The number of nitrogens with one attached hydrogen (secondary N) is 1. The predicted octanol–water partition coefficient (Wildman–Crippen LogP) is 2.20. The van der Waals surface area contributed by atoms with E-state index in [4.69, 9.17) is 16.3 Å². The Morgan fingerprint density at radius 2 is 2.18 bits per heavy atom. The zero-order chi connectivity index (χ0) is 13.1. The number of hydrogen-bond donors (Lipinski definition) is 2. The SMILES string of the molecule is COCC(C)(C)NC(=O)c1ccc(Cl)cc1O. The number of rotatable bonds is 4. The summed E-state index contributed by atoms with van der Waals surface area (Å²) >= 11 is 5.69. The average Bonchev–Trinajstić information content (AvgIpc) is 2.15. The van der Waals surface area contributed by atoms with Crippen molar-refractivity contribution in [3.63, 3.8) is 0 Å². The number of carbonyl (C=O) groups is 1. The third kappa shape index (κ3) is 3.91. The maximum Gasteiger partial charge on any atom is 0.255 e. The fourth-order valence-electron chi connectivity index (χ4n) is 1.47. The van der Waals surface area contributed by atoms with Crippen LogP contribution in [-0.2, 0) is 4.74 Å². The summed E-state index contributed by atoms with van der Waals surface area (Å²) in [6.07, 6.45) is 0. The lowest BCUT2D eigenvalue weighted by atomic mass is 10.1. The quantitative estimate of drug-likeness (QED) is 0.869. The lowest BCUT2D eigenvalue weighted by Crippen LogP contribution is -2.46. The van der Waals surface area contributed by atoms with Gasteiger partial charge in [-0.05, 0) is 32.0 Å². The molecule has 0 saturated heterocycles. The molecule has 0 aromatic heterocycles. The Balaban J connectivity index is 2.83. The second-order valence-corrected chi connectivity index (χ2v) is 4.87. The molecule has 0 atom stereocenters. The number of halogens is 1. The fourth-order valence-corrected chi connectivity index (χ4v) is 1.63. The minimum Gasteiger partial charge on any atom is -0.507 e. The van der Waals surface area contributed by atoms with Crippen LogP contribution in [0.5, 0.6) is 5.75 Å². The van der Waals surface area contributed by atoms with E-state index in [2.05, 4.69) is 5.32 Å². The van der Waals surface area contributed by atoms with Crippen LogP contribution < -0.4 is 5.32 Å². The molecule has 0 aliphatic rings. The molecule has 2 N–H and O–H groups in total. The van der Waals surface area contributed by atoms with Gasteiger partial charge in [-0.2, -0.15) is 0 Å². The van der Waals surface area contributed by atoms with Gasteiger partial charge in [0.15, 0.2) is 0 Å². The van der Waals surface area contributed by atoms with E-state index < -0.39 is 5.54 Å². The molecule has 0 fully saturated rings. The molecule has 1 aromatic carbocycles. The van der Waals surface area contributed by atoms with Gasteiger partial charge >= 0.3 is 0 Å². The molecule has 0 unspecified atom stereocenters. The smallest absolute Gasteiger partial charge is 0.255 e. The van der Waals surface area contributed by atoms with E-state index in [-0.39, 0.29) is 17.2 Å². The molecular formula is C12H16ClNO3. The van der Waals surface area contributed by atoms with Crippen LogP contribution in [0.1, 0.15) is 24.2 Å². The highest BCUT2D eigenvalue weighted by Crippen LogP contribution is 2.22. The number of phenolic OH excluding ortho intramolecular Hbond substituents is 1. The summed E-state index contributed by atoms with van der Waals surface area (Å²) in [5.41, 5.74) is -0.309. The van der Waals surface area contributed by atoms with Crippen LogP contribution in [0.4, 0.5) is 0 Å². The van der Waals surface area contributed by atoms with E-state index >= 15 is 0 Å². The second-order valence-electron chi connectivity index (χ2n) is 4.43. The molecule has 0 heterocycles. The molecule has 17 heavy (non-hydrogen) atoms. The normalized spacial score (nSPS) is 11.3. The van der Waals surface area contributed by atoms with Gasteiger partial charge in [0, 0.05) is 12.1 Å². The van der Waals surface area contributed by atoms with Gasteiger partial charge in [0.25, 0.3) is 5.91 Å². The maximum atomic E-state index is 11.9. The van der Waals surface area contributed by atoms with Crippen molar-refractivity contribution < 1.29 is 14.6 Å². The minimum atomic E-state index is -0.502. The van der Waals surface area contributed by atoms with E-state index in [9.17, 15) is 9.90 Å². The van der Waals surface area contributed by atoms with Gasteiger partial charge in [-0.25, -0.2) is 0 Å². The van der Waals surface area contributed by atoms with Gasteiger partial charge in [-0.3, -0.25) is 4.79 Å². The maximum absolute atomic E-state index is 11.9. The number of methoxy groups -OCH3 is 1. The molecule has 94 valence electrons. The van der Waals surface area contributed by atoms with Crippen molar-refractivity contribution in [3.05, 3.63) is 28.8 Å². The molecule has 0 aliphatic carbocycles. The Hall–Kier alpha value is -1.26. The molecule has 0 spiro atoms. The molecule has 0 aliphatic heterocycles. The summed E-state index contributed by atoms with van der Waals surface area (Å²) in [4.78, 5) is 11.9. The van der Waals surface area contributed by atoms with Crippen molar-refractivity contribution in [2.24, 2.45) is 0 Å². The Labute approximate surface area is 106 Å². The van der Waals surface area contributed by atoms with Crippen molar-refractivity contribution >= 4 is 17.5 Å². The summed E-state index contributed by atoms with van der Waals surface area (Å²) in [6.45, 7) is 4.05. The van der Waals surface area contributed by atoms with E-state index in [1.54, 1.807) is 13.2 Å². The monoisotopic (exact) mass is 257 g/mol. The van der Waals surface area contributed by atoms with Crippen LogP contribution in [-0.4, -0.2) is 30.3 Å². The van der Waals surface area contributed by atoms with Crippen molar-refractivity contribution in [2.75, 3.05) is 13.7 Å². The van der Waals surface area contributed by atoms with Crippen LogP contribution in [0, 0.1) is 0 Å². The van der Waals surface area contributed by atoms with E-state index in [1.807, 2.05) is 13.8 Å². The Morgan fingerprint density at radius 3 is 2.71 bits per heavy atom. The number of aromatic hydroxyl groups is 1. The Kier molecular flexibility index (Phi) is 4.37. The van der Waals surface area contributed by atoms with E-state index in [0.29, 0.717) is 11.6 Å². The third-order valence-corrected chi connectivity index (χ3v) is 2.40. The van der Waals surface area contributed by atoms with Gasteiger partial charge < -0.3 is 15.2 Å². The number of phenols is 1.